The predicted octanol–water partition coefficient (Wildman–Crippen LogP) is 3.88. The standard InChI is InChI=1S/C15H16BrNO3S/c1-10-5-7-15(12(16)8-10)21(18,19)17-13-6-4-11(2)9-14(13)20-3/h4-9,17H,1-3H3. The van der Waals surface area contributed by atoms with Gasteiger partial charge in [-0.05, 0) is 65.2 Å². The Hall–Kier alpha value is -1.53. The molecule has 2 rings (SSSR count). The second kappa shape index (κ2) is 6.07. The summed E-state index contributed by atoms with van der Waals surface area (Å²) >= 11 is 3.29. The van der Waals surface area contributed by atoms with Crippen LogP contribution >= 0.6 is 15.9 Å². The maximum Gasteiger partial charge on any atom is 0.263 e. The summed E-state index contributed by atoms with van der Waals surface area (Å²) in [5.74, 6) is 0.488. The van der Waals surface area contributed by atoms with Crippen LogP contribution in [-0.2, 0) is 10.0 Å². The SMILES string of the molecule is COc1cc(C)ccc1NS(=O)(=O)c1ccc(C)cc1Br. The van der Waals surface area contributed by atoms with Crippen molar-refractivity contribution in [2.45, 2.75) is 18.7 Å². The molecular weight excluding hydrogens is 354 g/mol. The number of methoxy groups -OCH3 is 1. The molecule has 0 heterocycles. The van der Waals surface area contributed by atoms with Gasteiger partial charge in [0.2, 0.25) is 0 Å². The summed E-state index contributed by atoms with van der Waals surface area (Å²) in [7, 11) is -2.17. The van der Waals surface area contributed by atoms with Crippen LogP contribution in [0.5, 0.6) is 5.75 Å². The monoisotopic (exact) mass is 369 g/mol. The Morgan fingerprint density at radius 2 is 1.67 bits per heavy atom. The largest absolute Gasteiger partial charge is 0.495 e. The van der Waals surface area contributed by atoms with Gasteiger partial charge in [-0.1, -0.05) is 12.1 Å². The average molecular weight is 370 g/mol. The predicted molar refractivity (Wildman–Crippen MR) is 87.4 cm³/mol. The Balaban J connectivity index is 2.42. The van der Waals surface area contributed by atoms with Crippen molar-refractivity contribution in [2.24, 2.45) is 0 Å². The van der Waals surface area contributed by atoms with E-state index in [0.29, 0.717) is 15.9 Å². The van der Waals surface area contributed by atoms with E-state index in [1.807, 2.05) is 19.9 Å². The quantitative estimate of drug-likeness (QED) is 0.889. The highest BCUT2D eigenvalue weighted by Crippen LogP contribution is 2.30. The smallest absolute Gasteiger partial charge is 0.263 e. The van der Waals surface area contributed by atoms with Crippen molar-refractivity contribution >= 4 is 31.6 Å². The zero-order chi connectivity index (χ0) is 15.6. The van der Waals surface area contributed by atoms with E-state index in [2.05, 4.69) is 20.7 Å². The van der Waals surface area contributed by atoms with Gasteiger partial charge in [0.1, 0.15) is 10.6 Å². The molecule has 0 aliphatic heterocycles. The van der Waals surface area contributed by atoms with Gasteiger partial charge >= 0.3 is 0 Å². The molecule has 4 nitrogen and oxygen atoms in total. The third-order valence-electron chi connectivity index (χ3n) is 2.98. The normalized spacial score (nSPS) is 11.2. The fourth-order valence-corrected chi connectivity index (χ4v) is 4.17. The summed E-state index contributed by atoms with van der Waals surface area (Å²) in [4.78, 5) is 0.190. The van der Waals surface area contributed by atoms with Crippen LogP contribution in [0.4, 0.5) is 5.69 Å². The molecule has 0 fully saturated rings. The first-order chi connectivity index (χ1) is 9.83. The number of benzene rings is 2. The highest BCUT2D eigenvalue weighted by Gasteiger charge is 2.19. The van der Waals surface area contributed by atoms with Crippen molar-refractivity contribution in [1.82, 2.24) is 0 Å². The van der Waals surface area contributed by atoms with Gasteiger partial charge < -0.3 is 4.74 Å². The highest BCUT2D eigenvalue weighted by molar-refractivity contribution is 9.10. The Morgan fingerprint density at radius 1 is 1.05 bits per heavy atom. The second-order valence-corrected chi connectivity index (χ2v) is 7.25. The number of sulfonamides is 1. The average Bonchev–Trinajstić information content (AvgIpc) is 2.40. The molecule has 0 bridgehead atoms. The second-order valence-electron chi connectivity index (χ2n) is 4.74. The van der Waals surface area contributed by atoms with Gasteiger partial charge in [-0.2, -0.15) is 0 Å². The van der Waals surface area contributed by atoms with Crippen LogP contribution < -0.4 is 9.46 Å². The molecule has 2 aromatic rings. The molecule has 21 heavy (non-hydrogen) atoms. The van der Waals surface area contributed by atoms with E-state index in [0.717, 1.165) is 11.1 Å². The van der Waals surface area contributed by atoms with Crippen molar-refractivity contribution in [3.63, 3.8) is 0 Å². The fourth-order valence-electron chi connectivity index (χ4n) is 1.91. The Kier molecular flexibility index (Phi) is 4.58. The molecule has 0 radical (unpaired) electrons. The molecule has 0 aliphatic carbocycles. The summed E-state index contributed by atoms with van der Waals surface area (Å²) in [6.45, 7) is 3.81. The fraction of sp³-hybridized carbons (Fsp3) is 0.200. The summed E-state index contributed by atoms with van der Waals surface area (Å²) in [5, 5.41) is 0. The van der Waals surface area contributed by atoms with E-state index in [4.69, 9.17) is 4.74 Å². The van der Waals surface area contributed by atoms with Crippen LogP contribution in [-0.4, -0.2) is 15.5 Å². The van der Waals surface area contributed by atoms with Crippen LogP contribution in [0.15, 0.2) is 45.8 Å². The van der Waals surface area contributed by atoms with Crippen LogP contribution in [0, 0.1) is 13.8 Å². The Bertz CT molecular complexity index is 772. The number of ether oxygens (including phenoxy) is 1. The lowest BCUT2D eigenvalue weighted by molar-refractivity contribution is 0.416. The summed E-state index contributed by atoms with van der Waals surface area (Å²) < 4.78 is 33.3. The van der Waals surface area contributed by atoms with E-state index in [9.17, 15) is 8.42 Å². The molecule has 0 amide bonds. The number of halogens is 1. The number of aryl methyl sites for hydroxylation is 2. The van der Waals surface area contributed by atoms with Gasteiger partial charge in [0.15, 0.2) is 0 Å². The highest BCUT2D eigenvalue weighted by atomic mass is 79.9. The number of hydrogen-bond donors (Lipinski definition) is 1. The first-order valence-corrected chi connectivity index (χ1v) is 8.55. The van der Waals surface area contributed by atoms with Crippen LogP contribution in [0.1, 0.15) is 11.1 Å². The van der Waals surface area contributed by atoms with Crippen LogP contribution in [0.3, 0.4) is 0 Å². The third-order valence-corrected chi connectivity index (χ3v) is 5.32. The first-order valence-electron chi connectivity index (χ1n) is 6.27. The molecule has 0 unspecified atom stereocenters. The zero-order valence-electron chi connectivity index (χ0n) is 12.0. The minimum Gasteiger partial charge on any atom is -0.495 e. The van der Waals surface area contributed by atoms with Gasteiger partial charge in [-0.15, -0.1) is 0 Å². The summed E-state index contributed by atoms with van der Waals surface area (Å²) in [6, 6.07) is 10.4. The van der Waals surface area contributed by atoms with Gasteiger partial charge in [-0.25, -0.2) is 8.42 Å². The lowest BCUT2D eigenvalue weighted by Crippen LogP contribution is -2.14. The summed E-state index contributed by atoms with van der Waals surface area (Å²) in [6.07, 6.45) is 0. The number of nitrogens with one attached hydrogen (secondary N) is 1. The number of rotatable bonds is 4. The Morgan fingerprint density at radius 3 is 2.29 bits per heavy atom. The number of hydrogen-bond acceptors (Lipinski definition) is 3. The Labute approximate surface area is 133 Å². The van der Waals surface area contributed by atoms with Gasteiger partial charge in [-0.3, -0.25) is 4.72 Å². The van der Waals surface area contributed by atoms with Gasteiger partial charge in [0.05, 0.1) is 12.8 Å². The topological polar surface area (TPSA) is 55.4 Å². The lowest BCUT2D eigenvalue weighted by Gasteiger charge is -2.13. The first kappa shape index (κ1) is 15.9. The van der Waals surface area contributed by atoms with E-state index >= 15 is 0 Å². The molecule has 0 saturated heterocycles. The third kappa shape index (κ3) is 3.57. The minimum atomic E-state index is -3.68. The lowest BCUT2D eigenvalue weighted by atomic mass is 10.2. The van der Waals surface area contributed by atoms with Crippen molar-refractivity contribution in [3.8, 4) is 5.75 Å². The molecule has 6 heteroatoms. The molecule has 2 aromatic carbocycles. The molecule has 0 aromatic heterocycles. The molecule has 0 spiro atoms. The molecule has 1 N–H and O–H groups in total. The maximum atomic E-state index is 12.5. The maximum absolute atomic E-state index is 12.5. The van der Waals surface area contributed by atoms with Gasteiger partial charge in [0.25, 0.3) is 10.0 Å². The molecule has 112 valence electrons. The van der Waals surface area contributed by atoms with E-state index in [1.54, 1.807) is 30.3 Å². The molecular formula is C15H16BrNO3S. The zero-order valence-corrected chi connectivity index (χ0v) is 14.4. The minimum absolute atomic E-state index is 0.190. The van der Waals surface area contributed by atoms with Crippen molar-refractivity contribution in [1.29, 1.82) is 0 Å². The van der Waals surface area contributed by atoms with E-state index in [-0.39, 0.29) is 4.90 Å². The van der Waals surface area contributed by atoms with Gasteiger partial charge in [0, 0.05) is 4.47 Å². The van der Waals surface area contributed by atoms with Crippen molar-refractivity contribution in [3.05, 3.63) is 52.0 Å². The van der Waals surface area contributed by atoms with Crippen molar-refractivity contribution < 1.29 is 13.2 Å². The van der Waals surface area contributed by atoms with E-state index in [1.165, 1.54) is 7.11 Å². The summed E-state index contributed by atoms with van der Waals surface area (Å²) in [5.41, 5.74) is 2.38. The molecule has 0 atom stereocenters. The van der Waals surface area contributed by atoms with Crippen molar-refractivity contribution in [2.75, 3.05) is 11.8 Å². The van der Waals surface area contributed by atoms with E-state index < -0.39 is 10.0 Å². The molecule has 0 saturated carbocycles. The van der Waals surface area contributed by atoms with Crippen LogP contribution in [0.2, 0.25) is 0 Å². The molecule has 0 aliphatic rings. The number of anilines is 1. The van der Waals surface area contributed by atoms with Crippen LogP contribution in [0.25, 0.3) is 0 Å².